The van der Waals surface area contributed by atoms with Crippen molar-refractivity contribution in [1.82, 2.24) is 0 Å². The van der Waals surface area contributed by atoms with Crippen LogP contribution in [0.15, 0.2) is 78.4 Å². The van der Waals surface area contributed by atoms with E-state index in [1.807, 2.05) is 32.9 Å². The molecule has 3 aromatic carbocycles. The van der Waals surface area contributed by atoms with Crippen molar-refractivity contribution in [2.45, 2.75) is 33.2 Å². The maximum absolute atomic E-state index is 13.4. The first-order chi connectivity index (χ1) is 18.3. The van der Waals surface area contributed by atoms with Gasteiger partial charge in [-0.3, -0.25) is 14.5 Å². The van der Waals surface area contributed by atoms with E-state index >= 15 is 0 Å². The zero-order valence-corrected chi connectivity index (χ0v) is 22.1. The molecule has 1 aliphatic heterocycles. The van der Waals surface area contributed by atoms with Crippen molar-refractivity contribution in [2.75, 3.05) is 25.2 Å². The number of methoxy groups -OCH3 is 1. The summed E-state index contributed by atoms with van der Waals surface area (Å²) in [4.78, 5) is 28.2. The summed E-state index contributed by atoms with van der Waals surface area (Å²) >= 11 is 0. The van der Waals surface area contributed by atoms with Crippen LogP contribution in [0.25, 0.3) is 5.76 Å². The number of ketones is 1. The maximum atomic E-state index is 13.4. The molecule has 0 saturated carbocycles. The van der Waals surface area contributed by atoms with E-state index in [9.17, 15) is 14.7 Å². The van der Waals surface area contributed by atoms with Gasteiger partial charge in [0, 0.05) is 11.3 Å². The lowest BCUT2D eigenvalue weighted by atomic mass is 9.95. The van der Waals surface area contributed by atoms with Crippen molar-refractivity contribution in [3.8, 4) is 17.2 Å². The third-order valence-electron chi connectivity index (χ3n) is 6.15. The molecule has 198 valence electrons. The first kappa shape index (κ1) is 26.8. The van der Waals surface area contributed by atoms with E-state index in [2.05, 4.69) is 0 Å². The zero-order chi connectivity index (χ0) is 27.2. The monoisotopic (exact) mass is 515 g/mol. The van der Waals surface area contributed by atoms with E-state index < -0.39 is 17.7 Å². The molecule has 1 N–H and O–H groups in total. The number of hydrogen-bond donors (Lipinski definition) is 1. The molecule has 7 nitrogen and oxygen atoms in total. The predicted octanol–water partition coefficient (Wildman–Crippen LogP) is 6.15. The molecule has 0 radical (unpaired) electrons. The number of hydrogen-bond acceptors (Lipinski definition) is 6. The molecule has 1 saturated heterocycles. The van der Waals surface area contributed by atoms with Crippen LogP contribution >= 0.6 is 0 Å². The normalized spacial score (nSPS) is 16.7. The molecule has 3 aromatic rings. The van der Waals surface area contributed by atoms with Crippen molar-refractivity contribution < 1.29 is 28.9 Å². The fourth-order valence-corrected chi connectivity index (χ4v) is 4.27. The maximum Gasteiger partial charge on any atom is 0.300 e. The highest BCUT2D eigenvalue weighted by atomic mass is 16.5. The summed E-state index contributed by atoms with van der Waals surface area (Å²) in [5.74, 6) is 0.464. The second-order valence-electron chi connectivity index (χ2n) is 9.52. The number of Topliss-reactive ketones (excluding diaryl/α,β-unsaturated/α-hetero) is 1. The number of carbonyl (C=O) groups is 2. The van der Waals surface area contributed by atoms with Gasteiger partial charge >= 0.3 is 0 Å². The predicted molar refractivity (Wildman–Crippen MR) is 147 cm³/mol. The Hall–Kier alpha value is -4.26. The Bertz CT molecular complexity index is 1310. The van der Waals surface area contributed by atoms with Crippen LogP contribution in [0.3, 0.4) is 0 Å². The quantitative estimate of drug-likeness (QED) is 0.198. The Morgan fingerprint density at radius 1 is 0.921 bits per heavy atom. The van der Waals surface area contributed by atoms with Gasteiger partial charge in [-0.2, -0.15) is 0 Å². The summed E-state index contributed by atoms with van der Waals surface area (Å²) in [6.07, 6.45) is 0.874. The van der Waals surface area contributed by atoms with Crippen molar-refractivity contribution >= 4 is 23.1 Å². The Kier molecular flexibility index (Phi) is 8.36. The fourth-order valence-electron chi connectivity index (χ4n) is 4.27. The first-order valence-electron chi connectivity index (χ1n) is 12.7. The summed E-state index contributed by atoms with van der Waals surface area (Å²) in [6.45, 7) is 7.21. The van der Waals surface area contributed by atoms with Gasteiger partial charge in [0.2, 0.25) is 0 Å². The molecule has 1 aliphatic rings. The van der Waals surface area contributed by atoms with E-state index in [1.165, 1.54) is 4.90 Å². The molecule has 7 heteroatoms. The standard InChI is InChI=1S/C31H33NO6/c1-5-17-37-25-13-9-21(10-14-25)28-27(29(33)22-7-6-8-26(18-22)38-19-20(2)3)30(34)31(35)32(28)23-11-15-24(36-4)16-12-23/h6-16,18,20,28,33H,5,17,19H2,1-4H3/b29-27-. The smallest absolute Gasteiger partial charge is 0.300 e. The van der Waals surface area contributed by atoms with Gasteiger partial charge in [0.1, 0.15) is 23.0 Å². The SMILES string of the molecule is CCCOc1ccc(C2/C(=C(/O)c3cccc(OCC(C)C)c3)C(=O)C(=O)N2c2ccc(OC)cc2)cc1. The zero-order valence-electron chi connectivity index (χ0n) is 22.1. The van der Waals surface area contributed by atoms with Gasteiger partial charge in [-0.15, -0.1) is 0 Å². The summed E-state index contributed by atoms with van der Waals surface area (Å²) in [5, 5.41) is 11.4. The second-order valence-corrected chi connectivity index (χ2v) is 9.52. The Balaban J connectivity index is 1.82. The number of nitrogens with zero attached hydrogens (tertiary/aromatic N) is 1. The Morgan fingerprint density at radius 3 is 2.24 bits per heavy atom. The lowest BCUT2D eigenvalue weighted by Gasteiger charge is -2.25. The number of anilines is 1. The lowest BCUT2D eigenvalue weighted by molar-refractivity contribution is -0.132. The van der Waals surface area contributed by atoms with E-state index in [-0.39, 0.29) is 11.3 Å². The van der Waals surface area contributed by atoms with Crippen LogP contribution in [0.5, 0.6) is 17.2 Å². The summed E-state index contributed by atoms with van der Waals surface area (Å²) in [6, 6.07) is 20.2. The van der Waals surface area contributed by atoms with Crippen LogP contribution < -0.4 is 19.1 Å². The number of carbonyl (C=O) groups excluding carboxylic acids is 2. The van der Waals surface area contributed by atoms with Crippen LogP contribution in [-0.4, -0.2) is 37.1 Å². The van der Waals surface area contributed by atoms with Gasteiger partial charge in [0.15, 0.2) is 0 Å². The van der Waals surface area contributed by atoms with Gasteiger partial charge in [-0.05, 0) is 66.4 Å². The van der Waals surface area contributed by atoms with Crippen LogP contribution in [0.1, 0.15) is 44.4 Å². The van der Waals surface area contributed by atoms with E-state index in [0.717, 1.165) is 6.42 Å². The van der Waals surface area contributed by atoms with Gasteiger partial charge in [-0.25, -0.2) is 0 Å². The summed E-state index contributed by atoms with van der Waals surface area (Å²) in [7, 11) is 1.56. The molecule has 0 aliphatic carbocycles. The molecule has 1 amide bonds. The van der Waals surface area contributed by atoms with Crippen LogP contribution in [0.4, 0.5) is 5.69 Å². The van der Waals surface area contributed by atoms with Crippen LogP contribution in [0, 0.1) is 5.92 Å². The van der Waals surface area contributed by atoms with Crippen molar-refractivity contribution in [3.63, 3.8) is 0 Å². The Labute approximate surface area is 223 Å². The van der Waals surface area contributed by atoms with Crippen LogP contribution in [0.2, 0.25) is 0 Å². The minimum absolute atomic E-state index is 0.00838. The van der Waals surface area contributed by atoms with Gasteiger partial charge < -0.3 is 19.3 Å². The topological polar surface area (TPSA) is 85.3 Å². The van der Waals surface area contributed by atoms with Gasteiger partial charge in [0.05, 0.1) is 31.9 Å². The molecule has 1 atom stereocenters. The van der Waals surface area contributed by atoms with Crippen LogP contribution in [-0.2, 0) is 9.59 Å². The average molecular weight is 516 g/mol. The molecule has 1 heterocycles. The number of ether oxygens (including phenoxy) is 3. The van der Waals surface area contributed by atoms with Crippen molar-refractivity contribution in [2.24, 2.45) is 5.92 Å². The Morgan fingerprint density at radius 2 is 1.61 bits per heavy atom. The highest BCUT2D eigenvalue weighted by Gasteiger charge is 2.47. The molecule has 38 heavy (non-hydrogen) atoms. The lowest BCUT2D eigenvalue weighted by Crippen LogP contribution is -2.29. The third-order valence-corrected chi connectivity index (χ3v) is 6.15. The molecule has 4 rings (SSSR count). The minimum Gasteiger partial charge on any atom is -0.507 e. The van der Waals surface area contributed by atoms with Gasteiger partial charge in [-0.1, -0.05) is 45.0 Å². The second kappa shape index (κ2) is 11.9. The van der Waals surface area contributed by atoms with Crippen molar-refractivity contribution in [1.29, 1.82) is 0 Å². The molecular formula is C31H33NO6. The molecule has 1 fully saturated rings. The highest BCUT2D eigenvalue weighted by molar-refractivity contribution is 6.51. The number of aliphatic hydroxyl groups excluding tert-OH is 1. The first-order valence-corrected chi connectivity index (χ1v) is 12.7. The number of benzene rings is 3. The highest BCUT2D eigenvalue weighted by Crippen LogP contribution is 2.43. The van der Waals surface area contributed by atoms with E-state index in [1.54, 1.807) is 67.8 Å². The molecule has 0 spiro atoms. The molecular weight excluding hydrogens is 482 g/mol. The largest absolute Gasteiger partial charge is 0.507 e. The third kappa shape index (κ3) is 5.67. The van der Waals surface area contributed by atoms with E-state index in [4.69, 9.17) is 14.2 Å². The summed E-state index contributed by atoms with van der Waals surface area (Å²) in [5.41, 5.74) is 1.58. The van der Waals surface area contributed by atoms with Gasteiger partial charge in [0.25, 0.3) is 11.7 Å². The number of aliphatic hydroxyl groups is 1. The fraction of sp³-hybridized carbons (Fsp3) is 0.290. The van der Waals surface area contributed by atoms with Crippen molar-refractivity contribution in [3.05, 3.63) is 89.5 Å². The molecule has 0 aromatic heterocycles. The molecule has 1 unspecified atom stereocenters. The average Bonchev–Trinajstić information content (AvgIpc) is 3.20. The number of amides is 1. The molecule has 0 bridgehead atoms. The van der Waals surface area contributed by atoms with E-state index in [0.29, 0.717) is 53.2 Å². The summed E-state index contributed by atoms with van der Waals surface area (Å²) < 4.78 is 16.8. The minimum atomic E-state index is -0.844. The number of rotatable bonds is 10.